The summed E-state index contributed by atoms with van der Waals surface area (Å²) in [6, 6.07) is 5.11. The molecule has 0 aliphatic carbocycles. The van der Waals surface area contributed by atoms with E-state index >= 15 is 0 Å². The van der Waals surface area contributed by atoms with E-state index in [1.165, 1.54) is 7.11 Å². The van der Waals surface area contributed by atoms with Gasteiger partial charge in [0.15, 0.2) is 0 Å². The third-order valence-electron chi connectivity index (χ3n) is 2.04. The van der Waals surface area contributed by atoms with Gasteiger partial charge in [-0.25, -0.2) is 4.79 Å². The third-order valence-corrected chi connectivity index (χ3v) is 2.50. The number of benzene rings is 1. The van der Waals surface area contributed by atoms with Crippen LogP contribution in [0.25, 0.3) is 0 Å². The highest BCUT2D eigenvalue weighted by molar-refractivity contribution is 9.10. The molecule has 0 bridgehead atoms. The first kappa shape index (κ1) is 12.8. The Morgan fingerprint density at radius 3 is 2.62 bits per heavy atom. The molecule has 1 aromatic carbocycles. The van der Waals surface area contributed by atoms with Crippen molar-refractivity contribution in [2.45, 2.75) is 13.0 Å². The number of anilines is 1. The fourth-order valence-electron chi connectivity index (χ4n) is 1.25. The van der Waals surface area contributed by atoms with E-state index in [1.54, 1.807) is 14.0 Å². The molecule has 0 heterocycles. The number of rotatable bonds is 4. The largest absolute Gasteiger partial charge is 0.497 e. The van der Waals surface area contributed by atoms with Crippen LogP contribution in [0, 0.1) is 0 Å². The molecule has 0 saturated heterocycles. The van der Waals surface area contributed by atoms with E-state index in [9.17, 15) is 4.79 Å². The molecule has 1 N–H and O–H groups in total. The van der Waals surface area contributed by atoms with Gasteiger partial charge in [-0.1, -0.05) is 15.9 Å². The summed E-state index contributed by atoms with van der Waals surface area (Å²) >= 11 is 3.36. The van der Waals surface area contributed by atoms with Gasteiger partial charge in [-0.05, 0) is 19.1 Å². The summed E-state index contributed by atoms with van der Waals surface area (Å²) in [6.45, 7) is 1.74. The van der Waals surface area contributed by atoms with Gasteiger partial charge in [0.25, 0.3) is 0 Å². The van der Waals surface area contributed by atoms with E-state index in [0.717, 1.165) is 10.2 Å². The quantitative estimate of drug-likeness (QED) is 0.864. The van der Waals surface area contributed by atoms with E-state index in [-0.39, 0.29) is 5.97 Å². The van der Waals surface area contributed by atoms with E-state index < -0.39 is 6.04 Å². The van der Waals surface area contributed by atoms with Gasteiger partial charge in [0.05, 0.1) is 14.2 Å². The number of halogens is 1. The Morgan fingerprint density at radius 2 is 2.06 bits per heavy atom. The zero-order chi connectivity index (χ0) is 12.1. The SMILES string of the molecule is COC(=O)C(C)Nc1cc(Br)cc(OC)c1. The van der Waals surface area contributed by atoms with Crippen molar-refractivity contribution in [1.82, 2.24) is 0 Å². The zero-order valence-electron chi connectivity index (χ0n) is 9.41. The number of hydrogen-bond acceptors (Lipinski definition) is 4. The number of hydrogen-bond donors (Lipinski definition) is 1. The second kappa shape index (κ2) is 5.75. The summed E-state index contributed by atoms with van der Waals surface area (Å²) in [6.07, 6.45) is 0. The highest BCUT2D eigenvalue weighted by Gasteiger charge is 2.12. The molecule has 0 amide bonds. The van der Waals surface area contributed by atoms with E-state index in [1.807, 2.05) is 18.2 Å². The average Bonchev–Trinajstić information content (AvgIpc) is 2.26. The minimum atomic E-state index is -0.399. The molecule has 0 radical (unpaired) electrons. The van der Waals surface area contributed by atoms with Crippen LogP contribution in [0.3, 0.4) is 0 Å². The highest BCUT2D eigenvalue weighted by Crippen LogP contribution is 2.24. The number of nitrogens with one attached hydrogen (secondary N) is 1. The van der Waals surface area contributed by atoms with Crippen molar-refractivity contribution in [2.75, 3.05) is 19.5 Å². The normalized spacial score (nSPS) is 11.8. The van der Waals surface area contributed by atoms with Crippen LogP contribution in [-0.4, -0.2) is 26.2 Å². The lowest BCUT2D eigenvalue weighted by atomic mass is 10.2. The van der Waals surface area contributed by atoms with E-state index in [0.29, 0.717) is 5.75 Å². The summed E-state index contributed by atoms with van der Waals surface area (Å²) in [5, 5.41) is 3.02. The Hall–Kier alpha value is -1.23. The van der Waals surface area contributed by atoms with Crippen molar-refractivity contribution in [3.05, 3.63) is 22.7 Å². The maximum absolute atomic E-state index is 11.2. The first-order valence-corrected chi connectivity index (χ1v) is 5.55. The molecule has 0 aliphatic heterocycles. The monoisotopic (exact) mass is 287 g/mol. The molecule has 88 valence electrons. The molecule has 1 unspecified atom stereocenters. The van der Waals surface area contributed by atoms with Crippen molar-refractivity contribution >= 4 is 27.6 Å². The predicted molar refractivity (Wildman–Crippen MR) is 65.8 cm³/mol. The van der Waals surface area contributed by atoms with Crippen molar-refractivity contribution in [2.24, 2.45) is 0 Å². The Labute approximate surface area is 103 Å². The van der Waals surface area contributed by atoms with Crippen molar-refractivity contribution < 1.29 is 14.3 Å². The van der Waals surface area contributed by atoms with Crippen LogP contribution in [0.4, 0.5) is 5.69 Å². The minimum Gasteiger partial charge on any atom is -0.497 e. The molecular formula is C11H14BrNO3. The Kier molecular flexibility index (Phi) is 4.61. The van der Waals surface area contributed by atoms with Crippen LogP contribution in [0.15, 0.2) is 22.7 Å². The molecule has 5 heteroatoms. The molecule has 4 nitrogen and oxygen atoms in total. The molecule has 0 aliphatic rings. The average molecular weight is 288 g/mol. The minimum absolute atomic E-state index is 0.307. The zero-order valence-corrected chi connectivity index (χ0v) is 11.0. The van der Waals surface area contributed by atoms with Gasteiger partial charge in [-0.15, -0.1) is 0 Å². The van der Waals surface area contributed by atoms with Crippen LogP contribution in [0.1, 0.15) is 6.92 Å². The lowest BCUT2D eigenvalue weighted by Crippen LogP contribution is -2.27. The molecular weight excluding hydrogens is 274 g/mol. The molecule has 1 atom stereocenters. The lowest BCUT2D eigenvalue weighted by molar-refractivity contribution is -0.141. The van der Waals surface area contributed by atoms with Gasteiger partial charge in [0, 0.05) is 16.2 Å². The van der Waals surface area contributed by atoms with Gasteiger partial charge in [-0.3, -0.25) is 0 Å². The molecule has 0 aromatic heterocycles. The van der Waals surface area contributed by atoms with Gasteiger partial charge >= 0.3 is 5.97 Å². The second-order valence-corrected chi connectivity index (χ2v) is 4.18. The molecule has 0 fully saturated rings. The van der Waals surface area contributed by atoms with E-state index in [2.05, 4.69) is 26.0 Å². The van der Waals surface area contributed by atoms with Gasteiger partial charge in [-0.2, -0.15) is 0 Å². The fourth-order valence-corrected chi connectivity index (χ4v) is 1.72. The molecule has 1 rings (SSSR count). The summed E-state index contributed by atoms with van der Waals surface area (Å²) < 4.78 is 10.6. The van der Waals surface area contributed by atoms with Crippen LogP contribution >= 0.6 is 15.9 Å². The summed E-state index contributed by atoms with van der Waals surface area (Å²) in [4.78, 5) is 11.2. The number of carbonyl (C=O) groups is 1. The van der Waals surface area contributed by atoms with Crippen LogP contribution in [0.2, 0.25) is 0 Å². The Balaban J connectivity index is 2.80. The number of esters is 1. The van der Waals surface area contributed by atoms with Crippen LogP contribution in [-0.2, 0) is 9.53 Å². The van der Waals surface area contributed by atoms with Crippen molar-refractivity contribution in [3.63, 3.8) is 0 Å². The Morgan fingerprint density at radius 1 is 1.38 bits per heavy atom. The number of ether oxygens (including phenoxy) is 2. The maximum Gasteiger partial charge on any atom is 0.327 e. The molecule has 1 aromatic rings. The van der Waals surface area contributed by atoms with Gasteiger partial charge in [0.2, 0.25) is 0 Å². The summed E-state index contributed by atoms with van der Waals surface area (Å²) in [7, 11) is 2.96. The highest BCUT2D eigenvalue weighted by atomic mass is 79.9. The van der Waals surface area contributed by atoms with Crippen LogP contribution in [0.5, 0.6) is 5.75 Å². The first-order valence-electron chi connectivity index (χ1n) is 4.75. The van der Waals surface area contributed by atoms with Gasteiger partial charge < -0.3 is 14.8 Å². The fraction of sp³-hybridized carbons (Fsp3) is 0.364. The summed E-state index contributed by atoms with van der Waals surface area (Å²) in [5.41, 5.74) is 0.795. The first-order chi connectivity index (χ1) is 7.56. The van der Waals surface area contributed by atoms with Crippen molar-refractivity contribution in [1.29, 1.82) is 0 Å². The standard InChI is InChI=1S/C11H14BrNO3/c1-7(11(14)16-3)13-9-4-8(12)5-10(6-9)15-2/h4-7,13H,1-3H3. The molecule has 16 heavy (non-hydrogen) atoms. The summed E-state index contributed by atoms with van der Waals surface area (Å²) in [5.74, 6) is 0.410. The smallest absolute Gasteiger partial charge is 0.327 e. The van der Waals surface area contributed by atoms with E-state index in [4.69, 9.17) is 4.74 Å². The second-order valence-electron chi connectivity index (χ2n) is 3.27. The van der Waals surface area contributed by atoms with Crippen molar-refractivity contribution in [3.8, 4) is 5.75 Å². The topological polar surface area (TPSA) is 47.6 Å². The third kappa shape index (κ3) is 3.41. The molecule has 0 spiro atoms. The number of methoxy groups -OCH3 is 2. The number of carbonyl (C=O) groups excluding carboxylic acids is 1. The Bertz CT molecular complexity index is 381. The molecule has 0 saturated carbocycles. The van der Waals surface area contributed by atoms with Crippen LogP contribution < -0.4 is 10.1 Å². The maximum atomic E-state index is 11.2. The lowest BCUT2D eigenvalue weighted by Gasteiger charge is -2.14. The van der Waals surface area contributed by atoms with Gasteiger partial charge in [0.1, 0.15) is 11.8 Å². The predicted octanol–water partition coefficient (Wildman–Crippen LogP) is 2.43.